The number of nitrogens with one attached hydrogen (secondary N) is 1. The number of ether oxygens (including phenoxy) is 1. The Morgan fingerprint density at radius 3 is 2.93 bits per heavy atom. The van der Waals surface area contributed by atoms with Gasteiger partial charge in [0.25, 0.3) is 0 Å². The van der Waals surface area contributed by atoms with Crippen LogP contribution in [0.4, 0.5) is 4.79 Å². The van der Waals surface area contributed by atoms with Crippen LogP contribution in [0.3, 0.4) is 0 Å². The van der Waals surface area contributed by atoms with Crippen LogP contribution in [0, 0.1) is 11.3 Å². The SMILES string of the molecule is CC(C)c1cccc(C2CC3(CCN(C(=O)[C@@H]4CCCOC(=O)NC4)C3)C2)c1. The molecule has 2 heterocycles. The van der Waals surface area contributed by atoms with Crippen LogP contribution in [0.25, 0.3) is 0 Å². The van der Waals surface area contributed by atoms with Crippen molar-refractivity contribution in [1.82, 2.24) is 10.2 Å². The molecule has 2 saturated heterocycles. The van der Waals surface area contributed by atoms with E-state index >= 15 is 0 Å². The number of cyclic esters (lactones) is 1. The minimum absolute atomic E-state index is 0.110. The van der Waals surface area contributed by atoms with Crippen molar-refractivity contribution in [3.63, 3.8) is 0 Å². The van der Waals surface area contributed by atoms with Gasteiger partial charge in [-0.05, 0) is 60.5 Å². The molecule has 1 aromatic carbocycles. The maximum atomic E-state index is 13.0. The molecule has 0 bridgehead atoms. The Hall–Kier alpha value is -2.04. The molecule has 1 atom stereocenters. The molecule has 0 radical (unpaired) electrons. The molecular formula is C23H32N2O3. The van der Waals surface area contributed by atoms with Crippen LogP contribution in [0.15, 0.2) is 24.3 Å². The second-order valence-electron chi connectivity index (χ2n) is 9.30. The number of amides is 2. The maximum Gasteiger partial charge on any atom is 0.407 e. The van der Waals surface area contributed by atoms with Gasteiger partial charge in [-0.1, -0.05) is 38.1 Å². The minimum atomic E-state index is -0.402. The highest BCUT2D eigenvalue weighted by atomic mass is 16.5. The summed E-state index contributed by atoms with van der Waals surface area (Å²) in [6.45, 7) is 7.02. The van der Waals surface area contributed by atoms with Gasteiger partial charge in [0.2, 0.25) is 5.91 Å². The van der Waals surface area contributed by atoms with Crippen molar-refractivity contribution in [2.24, 2.45) is 11.3 Å². The Labute approximate surface area is 167 Å². The third kappa shape index (κ3) is 3.89. The highest BCUT2D eigenvalue weighted by Gasteiger charge is 2.50. The fourth-order valence-corrected chi connectivity index (χ4v) is 5.17. The van der Waals surface area contributed by atoms with E-state index in [1.165, 1.54) is 24.0 Å². The maximum absolute atomic E-state index is 13.0. The van der Waals surface area contributed by atoms with E-state index in [4.69, 9.17) is 4.74 Å². The lowest BCUT2D eigenvalue weighted by atomic mass is 9.59. The van der Waals surface area contributed by atoms with E-state index in [1.807, 2.05) is 0 Å². The predicted octanol–water partition coefficient (Wildman–Crippen LogP) is 4.04. The molecule has 5 heteroatoms. The van der Waals surface area contributed by atoms with Gasteiger partial charge < -0.3 is 15.0 Å². The first-order chi connectivity index (χ1) is 13.5. The van der Waals surface area contributed by atoms with Gasteiger partial charge >= 0.3 is 6.09 Å². The molecule has 1 aliphatic carbocycles. The minimum Gasteiger partial charge on any atom is -0.450 e. The fourth-order valence-electron chi connectivity index (χ4n) is 5.17. The molecule has 5 nitrogen and oxygen atoms in total. The van der Waals surface area contributed by atoms with Crippen molar-refractivity contribution in [1.29, 1.82) is 0 Å². The number of hydrogen-bond donors (Lipinski definition) is 1. The molecule has 2 amide bonds. The average molecular weight is 385 g/mol. The summed E-state index contributed by atoms with van der Waals surface area (Å²) in [7, 11) is 0. The summed E-state index contributed by atoms with van der Waals surface area (Å²) in [6, 6.07) is 9.05. The summed E-state index contributed by atoms with van der Waals surface area (Å²) in [4.78, 5) is 26.5. The van der Waals surface area contributed by atoms with Crippen LogP contribution >= 0.6 is 0 Å². The van der Waals surface area contributed by atoms with E-state index in [9.17, 15) is 9.59 Å². The van der Waals surface area contributed by atoms with Gasteiger partial charge in [0.1, 0.15) is 0 Å². The van der Waals surface area contributed by atoms with Gasteiger partial charge in [-0.15, -0.1) is 0 Å². The number of carbonyl (C=O) groups is 2. The first kappa shape index (κ1) is 19.3. The van der Waals surface area contributed by atoms with Gasteiger partial charge in [-0.3, -0.25) is 4.79 Å². The standard InChI is InChI=1S/C23H32N2O3/c1-16(2)17-5-3-6-18(11-17)20-12-23(13-20)8-9-25(15-23)21(26)19-7-4-10-28-22(27)24-14-19/h3,5-6,11,16,19-20H,4,7-10,12-15H2,1-2H3,(H,24,27)/t19-,20?,23?/m1/s1. The Balaban J connectivity index is 1.34. The third-order valence-electron chi connectivity index (χ3n) is 6.93. The molecule has 1 spiro atoms. The fraction of sp³-hybridized carbons (Fsp3) is 0.652. The molecule has 4 rings (SSSR count). The predicted molar refractivity (Wildman–Crippen MR) is 108 cm³/mol. The van der Waals surface area contributed by atoms with Crippen molar-refractivity contribution in [2.45, 2.75) is 57.8 Å². The number of benzene rings is 1. The monoisotopic (exact) mass is 384 g/mol. The molecule has 1 saturated carbocycles. The molecule has 0 unspecified atom stereocenters. The van der Waals surface area contributed by atoms with Gasteiger partial charge in [-0.2, -0.15) is 0 Å². The second-order valence-corrected chi connectivity index (χ2v) is 9.30. The zero-order valence-corrected chi connectivity index (χ0v) is 17.1. The quantitative estimate of drug-likeness (QED) is 0.856. The lowest BCUT2D eigenvalue weighted by Gasteiger charge is -2.46. The molecule has 2 aliphatic heterocycles. The number of carbonyl (C=O) groups excluding carboxylic acids is 2. The van der Waals surface area contributed by atoms with E-state index in [-0.39, 0.29) is 11.8 Å². The first-order valence-corrected chi connectivity index (χ1v) is 10.7. The highest BCUT2D eigenvalue weighted by molar-refractivity contribution is 5.80. The molecule has 3 fully saturated rings. The van der Waals surface area contributed by atoms with E-state index in [0.717, 1.165) is 32.4 Å². The van der Waals surface area contributed by atoms with Crippen LogP contribution in [-0.4, -0.2) is 43.1 Å². The normalized spacial score (nSPS) is 30.4. The van der Waals surface area contributed by atoms with Crippen molar-refractivity contribution < 1.29 is 14.3 Å². The lowest BCUT2D eigenvalue weighted by Crippen LogP contribution is -2.44. The van der Waals surface area contributed by atoms with E-state index < -0.39 is 6.09 Å². The lowest BCUT2D eigenvalue weighted by molar-refractivity contribution is -0.135. The number of likely N-dealkylation sites (tertiary alicyclic amines) is 1. The number of nitrogens with zero attached hydrogens (tertiary/aromatic N) is 1. The summed E-state index contributed by atoms with van der Waals surface area (Å²) < 4.78 is 5.00. The van der Waals surface area contributed by atoms with E-state index in [2.05, 4.69) is 48.3 Å². The Bertz CT molecular complexity index is 739. The molecule has 152 valence electrons. The topological polar surface area (TPSA) is 58.6 Å². The van der Waals surface area contributed by atoms with Gasteiger partial charge in [0.05, 0.1) is 12.5 Å². The number of alkyl carbamates (subject to hydrolysis) is 1. The highest BCUT2D eigenvalue weighted by Crippen LogP contribution is 2.56. The van der Waals surface area contributed by atoms with Crippen molar-refractivity contribution in [2.75, 3.05) is 26.2 Å². The van der Waals surface area contributed by atoms with Crippen LogP contribution in [0.2, 0.25) is 0 Å². The summed E-state index contributed by atoms with van der Waals surface area (Å²) in [6.07, 6.45) is 4.63. The zero-order valence-electron chi connectivity index (χ0n) is 17.1. The first-order valence-electron chi connectivity index (χ1n) is 10.7. The smallest absolute Gasteiger partial charge is 0.407 e. The summed E-state index contributed by atoms with van der Waals surface area (Å²) in [5, 5.41) is 2.72. The molecule has 28 heavy (non-hydrogen) atoms. The zero-order chi connectivity index (χ0) is 19.7. The third-order valence-corrected chi connectivity index (χ3v) is 6.93. The summed E-state index contributed by atoms with van der Waals surface area (Å²) >= 11 is 0. The molecule has 1 aromatic rings. The van der Waals surface area contributed by atoms with Gasteiger partial charge in [0, 0.05) is 19.6 Å². The number of hydrogen-bond acceptors (Lipinski definition) is 3. The van der Waals surface area contributed by atoms with Gasteiger partial charge in [0.15, 0.2) is 0 Å². The van der Waals surface area contributed by atoms with Crippen LogP contribution in [0.1, 0.15) is 68.9 Å². The summed E-state index contributed by atoms with van der Waals surface area (Å²) in [5.41, 5.74) is 3.18. The molecular weight excluding hydrogens is 352 g/mol. The van der Waals surface area contributed by atoms with Crippen molar-refractivity contribution in [3.05, 3.63) is 35.4 Å². The second kappa shape index (κ2) is 7.76. The Morgan fingerprint density at radius 2 is 2.14 bits per heavy atom. The van der Waals surface area contributed by atoms with Crippen LogP contribution in [0.5, 0.6) is 0 Å². The number of rotatable bonds is 3. The van der Waals surface area contributed by atoms with Gasteiger partial charge in [-0.25, -0.2) is 4.79 Å². The van der Waals surface area contributed by atoms with Crippen LogP contribution in [-0.2, 0) is 9.53 Å². The average Bonchev–Trinajstić information content (AvgIpc) is 3.09. The van der Waals surface area contributed by atoms with Crippen molar-refractivity contribution >= 4 is 12.0 Å². The Kier molecular flexibility index (Phi) is 5.35. The Morgan fingerprint density at radius 1 is 1.32 bits per heavy atom. The molecule has 0 aromatic heterocycles. The molecule has 1 N–H and O–H groups in total. The van der Waals surface area contributed by atoms with E-state index in [1.54, 1.807) is 0 Å². The summed E-state index contributed by atoms with van der Waals surface area (Å²) in [5.74, 6) is 1.29. The largest absolute Gasteiger partial charge is 0.450 e. The van der Waals surface area contributed by atoms with Crippen LogP contribution < -0.4 is 5.32 Å². The van der Waals surface area contributed by atoms with E-state index in [0.29, 0.717) is 30.4 Å². The molecule has 3 aliphatic rings. The van der Waals surface area contributed by atoms with Crippen molar-refractivity contribution in [3.8, 4) is 0 Å².